The highest BCUT2D eigenvalue weighted by Gasteiger charge is 2.36. The minimum absolute atomic E-state index is 0.240. The Bertz CT molecular complexity index is 512. The van der Waals surface area contributed by atoms with Gasteiger partial charge in [0.25, 0.3) is 0 Å². The standard InChI is InChI=1S/C15H21N3O2/c1-10(15(19)20)11-7-18(8-11)14-12-5-3-2-4-6-13(12)16-9-17-14/h9-11H,2-8H2,1H3,(H,19,20). The van der Waals surface area contributed by atoms with Crippen molar-refractivity contribution in [1.29, 1.82) is 0 Å². The van der Waals surface area contributed by atoms with Crippen molar-refractivity contribution in [2.75, 3.05) is 18.0 Å². The fourth-order valence-corrected chi connectivity index (χ4v) is 3.16. The van der Waals surface area contributed by atoms with E-state index in [4.69, 9.17) is 5.11 Å². The number of carboxylic acids is 1. The monoisotopic (exact) mass is 275 g/mol. The molecule has 2 aliphatic rings. The van der Waals surface area contributed by atoms with Crippen LogP contribution < -0.4 is 4.90 Å². The van der Waals surface area contributed by atoms with E-state index in [0.717, 1.165) is 31.7 Å². The van der Waals surface area contributed by atoms with E-state index in [-0.39, 0.29) is 11.8 Å². The summed E-state index contributed by atoms with van der Waals surface area (Å²) in [7, 11) is 0. The van der Waals surface area contributed by atoms with Gasteiger partial charge in [0.2, 0.25) is 0 Å². The zero-order valence-electron chi connectivity index (χ0n) is 11.9. The van der Waals surface area contributed by atoms with E-state index in [1.54, 1.807) is 13.3 Å². The van der Waals surface area contributed by atoms with E-state index in [0.29, 0.717) is 0 Å². The molecule has 1 N–H and O–H groups in total. The first-order chi connectivity index (χ1) is 9.66. The van der Waals surface area contributed by atoms with Gasteiger partial charge in [-0.2, -0.15) is 0 Å². The Morgan fingerprint density at radius 3 is 2.80 bits per heavy atom. The summed E-state index contributed by atoms with van der Waals surface area (Å²) < 4.78 is 0. The van der Waals surface area contributed by atoms with Crippen LogP contribution in [0.2, 0.25) is 0 Å². The molecule has 0 bridgehead atoms. The smallest absolute Gasteiger partial charge is 0.306 e. The summed E-state index contributed by atoms with van der Waals surface area (Å²) in [4.78, 5) is 22.1. The van der Waals surface area contributed by atoms with Gasteiger partial charge >= 0.3 is 5.97 Å². The third kappa shape index (κ3) is 2.37. The predicted molar refractivity (Wildman–Crippen MR) is 75.8 cm³/mol. The van der Waals surface area contributed by atoms with Gasteiger partial charge in [0, 0.05) is 30.3 Å². The summed E-state index contributed by atoms with van der Waals surface area (Å²) in [5.41, 5.74) is 2.49. The number of hydrogen-bond acceptors (Lipinski definition) is 4. The molecule has 0 saturated carbocycles. The van der Waals surface area contributed by atoms with E-state index in [9.17, 15) is 4.79 Å². The molecule has 0 aromatic carbocycles. The molecule has 1 aromatic rings. The summed E-state index contributed by atoms with van der Waals surface area (Å²) >= 11 is 0. The molecule has 1 aromatic heterocycles. The van der Waals surface area contributed by atoms with Gasteiger partial charge in [-0.05, 0) is 25.7 Å². The van der Waals surface area contributed by atoms with Gasteiger partial charge in [0.05, 0.1) is 5.92 Å². The Hall–Kier alpha value is -1.65. The van der Waals surface area contributed by atoms with E-state index < -0.39 is 5.97 Å². The van der Waals surface area contributed by atoms with Crippen LogP contribution in [0.3, 0.4) is 0 Å². The first kappa shape index (κ1) is 13.3. The minimum Gasteiger partial charge on any atom is -0.481 e. The number of carboxylic acid groups (broad SMARTS) is 1. The third-order valence-electron chi connectivity index (χ3n) is 4.66. The Balaban J connectivity index is 1.75. The molecule has 0 spiro atoms. The maximum absolute atomic E-state index is 11.0. The molecular weight excluding hydrogens is 254 g/mol. The zero-order chi connectivity index (χ0) is 14.1. The molecule has 3 rings (SSSR count). The molecular formula is C15H21N3O2. The first-order valence-corrected chi connectivity index (χ1v) is 7.47. The Labute approximate surface area is 119 Å². The second-order valence-corrected chi connectivity index (χ2v) is 5.98. The summed E-state index contributed by atoms with van der Waals surface area (Å²) in [6, 6.07) is 0. The number of nitrogens with zero attached hydrogens (tertiary/aromatic N) is 3. The van der Waals surface area contributed by atoms with Crippen molar-refractivity contribution < 1.29 is 9.90 Å². The van der Waals surface area contributed by atoms with Crippen LogP contribution in [0.15, 0.2) is 6.33 Å². The maximum Gasteiger partial charge on any atom is 0.306 e. The van der Waals surface area contributed by atoms with Crippen LogP contribution in [0.1, 0.15) is 37.4 Å². The second kappa shape index (κ2) is 5.38. The van der Waals surface area contributed by atoms with E-state index in [2.05, 4.69) is 14.9 Å². The largest absolute Gasteiger partial charge is 0.481 e. The van der Waals surface area contributed by atoms with Gasteiger partial charge in [-0.15, -0.1) is 0 Å². The quantitative estimate of drug-likeness (QED) is 0.853. The summed E-state index contributed by atoms with van der Waals surface area (Å²) in [6.45, 7) is 3.40. The highest BCUT2D eigenvalue weighted by molar-refractivity contribution is 5.70. The lowest BCUT2D eigenvalue weighted by Crippen LogP contribution is -2.51. The molecule has 1 saturated heterocycles. The molecule has 0 amide bonds. The lowest BCUT2D eigenvalue weighted by Gasteiger charge is -2.42. The van der Waals surface area contributed by atoms with Crippen molar-refractivity contribution in [1.82, 2.24) is 9.97 Å². The molecule has 108 valence electrons. The summed E-state index contributed by atoms with van der Waals surface area (Å²) in [5.74, 6) is 0.317. The average molecular weight is 275 g/mol. The van der Waals surface area contributed by atoms with Crippen LogP contribution in [0, 0.1) is 11.8 Å². The van der Waals surface area contributed by atoms with Crippen LogP contribution in [0.4, 0.5) is 5.82 Å². The lowest BCUT2D eigenvalue weighted by atomic mass is 9.86. The number of carbonyl (C=O) groups is 1. The van der Waals surface area contributed by atoms with Crippen LogP contribution in [-0.4, -0.2) is 34.1 Å². The van der Waals surface area contributed by atoms with Gasteiger partial charge in [-0.1, -0.05) is 13.3 Å². The Morgan fingerprint density at radius 2 is 2.05 bits per heavy atom. The minimum atomic E-state index is -0.698. The van der Waals surface area contributed by atoms with E-state index in [1.807, 2.05) is 0 Å². The van der Waals surface area contributed by atoms with E-state index >= 15 is 0 Å². The van der Waals surface area contributed by atoms with Crippen molar-refractivity contribution >= 4 is 11.8 Å². The molecule has 0 radical (unpaired) electrons. The normalized spacial score (nSPS) is 20.8. The Kier molecular flexibility index (Phi) is 3.59. The predicted octanol–water partition coefficient (Wildman–Crippen LogP) is 1.90. The number of aromatic nitrogens is 2. The van der Waals surface area contributed by atoms with Gasteiger partial charge in [-0.3, -0.25) is 4.79 Å². The highest BCUT2D eigenvalue weighted by Crippen LogP contribution is 2.33. The second-order valence-electron chi connectivity index (χ2n) is 5.98. The number of aliphatic carboxylic acids is 1. The summed E-state index contributed by atoms with van der Waals surface area (Å²) in [6.07, 6.45) is 7.44. The number of aryl methyl sites for hydroxylation is 1. The third-order valence-corrected chi connectivity index (χ3v) is 4.66. The molecule has 2 heterocycles. The maximum atomic E-state index is 11.0. The van der Waals surface area contributed by atoms with Gasteiger partial charge in [0.15, 0.2) is 0 Å². The van der Waals surface area contributed by atoms with Crippen LogP contribution in [0.5, 0.6) is 0 Å². The average Bonchev–Trinajstić information content (AvgIpc) is 2.62. The highest BCUT2D eigenvalue weighted by atomic mass is 16.4. The lowest BCUT2D eigenvalue weighted by molar-refractivity contribution is -0.143. The molecule has 1 unspecified atom stereocenters. The number of rotatable bonds is 3. The molecule has 5 nitrogen and oxygen atoms in total. The van der Waals surface area contributed by atoms with Crippen LogP contribution in [0.25, 0.3) is 0 Å². The molecule has 1 aliphatic heterocycles. The molecule has 5 heteroatoms. The number of fused-ring (bicyclic) bond motifs is 1. The van der Waals surface area contributed by atoms with Gasteiger partial charge < -0.3 is 10.0 Å². The topological polar surface area (TPSA) is 66.3 Å². The molecule has 1 atom stereocenters. The fraction of sp³-hybridized carbons (Fsp3) is 0.667. The van der Waals surface area contributed by atoms with Crippen LogP contribution in [-0.2, 0) is 17.6 Å². The van der Waals surface area contributed by atoms with Crippen molar-refractivity contribution in [3.8, 4) is 0 Å². The van der Waals surface area contributed by atoms with Gasteiger partial charge in [0.1, 0.15) is 12.1 Å². The molecule has 20 heavy (non-hydrogen) atoms. The van der Waals surface area contributed by atoms with Gasteiger partial charge in [-0.25, -0.2) is 9.97 Å². The summed E-state index contributed by atoms with van der Waals surface area (Å²) in [5, 5.41) is 9.06. The number of anilines is 1. The van der Waals surface area contributed by atoms with Crippen LogP contribution >= 0.6 is 0 Å². The van der Waals surface area contributed by atoms with E-state index in [1.165, 1.54) is 30.5 Å². The SMILES string of the molecule is CC(C(=O)O)C1CN(c2ncnc3c2CCCCC3)C1. The van der Waals surface area contributed by atoms with Crippen molar-refractivity contribution in [3.05, 3.63) is 17.6 Å². The first-order valence-electron chi connectivity index (χ1n) is 7.47. The van der Waals surface area contributed by atoms with Crippen molar-refractivity contribution in [2.24, 2.45) is 11.8 Å². The number of hydrogen-bond donors (Lipinski definition) is 1. The fourth-order valence-electron chi connectivity index (χ4n) is 3.16. The zero-order valence-corrected chi connectivity index (χ0v) is 11.9. The molecule has 1 aliphatic carbocycles. The molecule has 1 fully saturated rings. The Morgan fingerprint density at radius 1 is 1.30 bits per heavy atom. The van der Waals surface area contributed by atoms with Crippen molar-refractivity contribution in [3.63, 3.8) is 0 Å². The van der Waals surface area contributed by atoms with Crippen molar-refractivity contribution in [2.45, 2.75) is 39.0 Å².